The Morgan fingerprint density at radius 2 is 2.00 bits per heavy atom. The second-order valence-corrected chi connectivity index (χ2v) is 4.30. The Labute approximate surface area is 105 Å². The lowest BCUT2D eigenvalue weighted by Gasteiger charge is -2.08. The first-order valence-electron chi connectivity index (χ1n) is 5.92. The highest BCUT2D eigenvalue weighted by Gasteiger charge is 2.14. The molecule has 2 N–H and O–H groups in total. The van der Waals surface area contributed by atoms with E-state index >= 15 is 0 Å². The van der Waals surface area contributed by atoms with Gasteiger partial charge in [0, 0.05) is 19.0 Å². The van der Waals surface area contributed by atoms with Crippen LogP contribution in [0.1, 0.15) is 6.42 Å². The molecular formula is C13H15N3O2. The molecule has 5 heteroatoms. The number of ether oxygens (including phenoxy) is 2. The van der Waals surface area contributed by atoms with Crippen LogP contribution in [-0.4, -0.2) is 22.8 Å². The molecule has 5 nitrogen and oxygen atoms in total. The largest absolute Gasteiger partial charge is 0.490 e. The number of nitrogens with zero attached hydrogens (tertiary/aromatic N) is 2. The molecule has 1 aliphatic rings. The fourth-order valence-electron chi connectivity index (χ4n) is 1.97. The van der Waals surface area contributed by atoms with Crippen molar-refractivity contribution in [2.75, 3.05) is 18.9 Å². The zero-order valence-electron chi connectivity index (χ0n) is 10.2. The summed E-state index contributed by atoms with van der Waals surface area (Å²) in [6.07, 6.45) is 2.60. The molecule has 0 unspecified atom stereocenters. The van der Waals surface area contributed by atoms with Crippen LogP contribution >= 0.6 is 0 Å². The normalized spacial score (nSPS) is 14.3. The molecule has 2 aromatic rings. The lowest BCUT2D eigenvalue weighted by Crippen LogP contribution is -1.97. The average molecular weight is 245 g/mol. The molecule has 0 radical (unpaired) electrons. The highest BCUT2D eigenvalue weighted by atomic mass is 16.5. The maximum Gasteiger partial charge on any atom is 0.161 e. The first-order valence-corrected chi connectivity index (χ1v) is 5.92. The fourth-order valence-corrected chi connectivity index (χ4v) is 1.97. The van der Waals surface area contributed by atoms with Crippen LogP contribution in [-0.2, 0) is 7.05 Å². The fraction of sp³-hybridized carbons (Fsp3) is 0.308. The molecule has 0 fully saturated rings. The van der Waals surface area contributed by atoms with Crippen molar-refractivity contribution in [1.82, 2.24) is 9.55 Å². The van der Waals surface area contributed by atoms with Crippen LogP contribution in [0.3, 0.4) is 0 Å². The van der Waals surface area contributed by atoms with Crippen molar-refractivity contribution in [3.8, 4) is 22.8 Å². The summed E-state index contributed by atoms with van der Waals surface area (Å²) >= 11 is 0. The Balaban J connectivity index is 2.04. The number of fused-ring (bicyclic) bond motifs is 1. The van der Waals surface area contributed by atoms with Gasteiger partial charge in [-0.05, 0) is 18.2 Å². The van der Waals surface area contributed by atoms with Crippen molar-refractivity contribution in [1.29, 1.82) is 0 Å². The first kappa shape index (κ1) is 11.0. The number of rotatable bonds is 1. The number of nitrogens with two attached hydrogens (primary N) is 1. The average Bonchev–Trinajstić information content (AvgIpc) is 2.61. The molecule has 1 aliphatic heterocycles. The Kier molecular flexibility index (Phi) is 2.59. The number of anilines is 1. The summed E-state index contributed by atoms with van der Waals surface area (Å²) in [4.78, 5) is 4.30. The van der Waals surface area contributed by atoms with E-state index in [4.69, 9.17) is 15.2 Å². The van der Waals surface area contributed by atoms with E-state index in [-0.39, 0.29) is 0 Å². The van der Waals surface area contributed by atoms with Crippen molar-refractivity contribution in [3.05, 3.63) is 24.5 Å². The van der Waals surface area contributed by atoms with Gasteiger partial charge in [0.05, 0.1) is 19.5 Å². The van der Waals surface area contributed by atoms with Gasteiger partial charge in [-0.25, -0.2) is 4.98 Å². The number of aryl methyl sites for hydroxylation is 1. The van der Waals surface area contributed by atoms with Gasteiger partial charge in [0.1, 0.15) is 11.5 Å². The van der Waals surface area contributed by atoms with Gasteiger partial charge in [0.25, 0.3) is 0 Å². The van der Waals surface area contributed by atoms with Crippen LogP contribution in [0.2, 0.25) is 0 Å². The maximum atomic E-state index is 5.97. The highest BCUT2D eigenvalue weighted by Crippen LogP contribution is 2.35. The van der Waals surface area contributed by atoms with E-state index in [2.05, 4.69) is 4.98 Å². The van der Waals surface area contributed by atoms with Crippen LogP contribution < -0.4 is 15.2 Å². The smallest absolute Gasteiger partial charge is 0.161 e. The molecular weight excluding hydrogens is 230 g/mol. The van der Waals surface area contributed by atoms with E-state index in [9.17, 15) is 0 Å². The lowest BCUT2D eigenvalue weighted by molar-refractivity contribution is 0.297. The third kappa shape index (κ3) is 1.77. The zero-order chi connectivity index (χ0) is 12.5. The molecule has 0 atom stereocenters. The van der Waals surface area contributed by atoms with Crippen LogP contribution in [0, 0.1) is 0 Å². The predicted octanol–water partition coefficient (Wildman–Crippen LogP) is 1.83. The second-order valence-electron chi connectivity index (χ2n) is 4.30. The standard InChI is InChI=1S/C13H15N3O2/c1-16-8-15-12(13(16)14)9-3-4-10-11(7-9)18-6-2-5-17-10/h3-4,7-8H,2,5-6,14H2,1H3. The van der Waals surface area contributed by atoms with E-state index in [1.165, 1.54) is 0 Å². The van der Waals surface area contributed by atoms with Crippen molar-refractivity contribution in [2.45, 2.75) is 6.42 Å². The zero-order valence-corrected chi connectivity index (χ0v) is 10.2. The van der Waals surface area contributed by atoms with E-state index in [1.54, 1.807) is 10.9 Å². The molecule has 0 aliphatic carbocycles. The molecule has 0 bridgehead atoms. The Hall–Kier alpha value is -2.17. The van der Waals surface area contributed by atoms with Crippen molar-refractivity contribution >= 4 is 5.82 Å². The molecule has 0 saturated heterocycles. The Morgan fingerprint density at radius 1 is 1.22 bits per heavy atom. The van der Waals surface area contributed by atoms with E-state index in [1.807, 2.05) is 25.2 Å². The van der Waals surface area contributed by atoms with Crippen LogP contribution in [0.4, 0.5) is 5.82 Å². The van der Waals surface area contributed by atoms with Gasteiger partial charge in [-0.15, -0.1) is 0 Å². The van der Waals surface area contributed by atoms with Gasteiger partial charge < -0.3 is 19.8 Å². The second kappa shape index (κ2) is 4.25. The SMILES string of the molecule is Cn1cnc(-c2ccc3c(c2)OCCCO3)c1N. The Morgan fingerprint density at radius 3 is 2.72 bits per heavy atom. The molecule has 94 valence electrons. The number of imidazole rings is 1. The van der Waals surface area contributed by atoms with Crippen LogP contribution in [0.15, 0.2) is 24.5 Å². The Bertz CT molecular complexity index is 578. The molecule has 18 heavy (non-hydrogen) atoms. The van der Waals surface area contributed by atoms with Crippen molar-refractivity contribution < 1.29 is 9.47 Å². The number of aromatic nitrogens is 2. The van der Waals surface area contributed by atoms with Gasteiger partial charge in [0.2, 0.25) is 0 Å². The summed E-state index contributed by atoms with van der Waals surface area (Å²) in [6, 6.07) is 5.79. The van der Waals surface area contributed by atoms with Gasteiger partial charge >= 0.3 is 0 Å². The molecule has 1 aromatic heterocycles. The molecule has 1 aromatic carbocycles. The number of nitrogen functional groups attached to an aromatic ring is 1. The minimum absolute atomic E-state index is 0.643. The van der Waals surface area contributed by atoms with E-state index < -0.39 is 0 Å². The van der Waals surface area contributed by atoms with E-state index in [0.29, 0.717) is 19.0 Å². The molecule has 0 amide bonds. The monoisotopic (exact) mass is 245 g/mol. The van der Waals surface area contributed by atoms with Crippen LogP contribution in [0.25, 0.3) is 11.3 Å². The number of benzene rings is 1. The minimum atomic E-state index is 0.643. The van der Waals surface area contributed by atoms with E-state index in [0.717, 1.165) is 29.2 Å². The van der Waals surface area contributed by atoms with Gasteiger partial charge in [-0.3, -0.25) is 0 Å². The molecule has 0 saturated carbocycles. The summed E-state index contributed by atoms with van der Waals surface area (Å²) in [6.45, 7) is 1.37. The number of hydrogen-bond donors (Lipinski definition) is 1. The summed E-state index contributed by atoms with van der Waals surface area (Å²) in [7, 11) is 1.87. The lowest BCUT2D eigenvalue weighted by atomic mass is 10.1. The molecule has 0 spiro atoms. The van der Waals surface area contributed by atoms with Crippen LogP contribution in [0.5, 0.6) is 11.5 Å². The third-order valence-corrected chi connectivity index (χ3v) is 3.00. The third-order valence-electron chi connectivity index (χ3n) is 3.00. The molecule has 2 heterocycles. The molecule has 3 rings (SSSR count). The van der Waals surface area contributed by atoms with Gasteiger partial charge in [0.15, 0.2) is 11.5 Å². The first-order chi connectivity index (χ1) is 8.75. The topological polar surface area (TPSA) is 62.3 Å². The predicted molar refractivity (Wildman–Crippen MR) is 68.7 cm³/mol. The minimum Gasteiger partial charge on any atom is -0.490 e. The highest BCUT2D eigenvalue weighted by molar-refractivity contribution is 5.72. The summed E-state index contributed by atoms with van der Waals surface area (Å²) in [5.74, 6) is 2.19. The van der Waals surface area contributed by atoms with Crippen molar-refractivity contribution in [3.63, 3.8) is 0 Å². The number of hydrogen-bond acceptors (Lipinski definition) is 4. The van der Waals surface area contributed by atoms with Gasteiger partial charge in [-0.1, -0.05) is 0 Å². The van der Waals surface area contributed by atoms with Crippen molar-refractivity contribution in [2.24, 2.45) is 7.05 Å². The maximum absolute atomic E-state index is 5.97. The summed E-state index contributed by atoms with van der Waals surface area (Å²) < 4.78 is 13.0. The van der Waals surface area contributed by atoms with Gasteiger partial charge in [-0.2, -0.15) is 0 Å². The quantitative estimate of drug-likeness (QED) is 0.832. The summed E-state index contributed by atoms with van der Waals surface area (Å²) in [5.41, 5.74) is 7.68. The summed E-state index contributed by atoms with van der Waals surface area (Å²) in [5, 5.41) is 0.